The molecule has 2 rings (SSSR count). The molecule has 0 aliphatic rings. The van der Waals surface area contributed by atoms with Crippen molar-refractivity contribution in [3.8, 4) is 5.69 Å². The van der Waals surface area contributed by atoms with Gasteiger partial charge in [-0.25, -0.2) is 0 Å². The molecule has 0 radical (unpaired) electrons. The molecule has 2 amide bonds. The molecule has 13 heteroatoms. The monoisotopic (exact) mass is 409 g/mol. The van der Waals surface area contributed by atoms with E-state index in [1.54, 1.807) is 29.1 Å². The number of hydrogen-bond acceptors (Lipinski definition) is 4. The number of benzene rings is 1. The molecule has 0 spiro atoms. The standard InChI is InChI=1S/C14H15N7O2.CH4O3S/c15-13(16)19-11(22)8-3-4-9(12(23)20-14(17)18)10(7-8)21-5-1-2-6-21;1-5(2,3)4/h1-7H,(H4,15,16,19,22)(H4,17,18,20,23);1H3,(H,2,3,4). The van der Waals surface area contributed by atoms with Gasteiger partial charge in [-0.1, -0.05) is 0 Å². The third-order valence-corrected chi connectivity index (χ3v) is 2.82. The van der Waals surface area contributed by atoms with Crippen LogP contribution in [0.4, 0.5) is 0 Å². The molecule has 1 heterocycles. The molecule has 0 aliphatic carbocycles. The van der Waals surface area contributed by atoms with Crippen molar-refractivity contribution in [2.45, 2.75) is 0 Å². The van der Waals surface area contributed by atoms with E-state index in [0.29, 0.717) is 11.9 Å². The average Bonchev–Trinajstić information content (AvgIpc) is 3.05. The summed E-state index contributed by atoms with van der Waals surface area (Å²) in [5.41, 5.74) is 21.7. The summed E-state index contributed by atoms with van der Waals surface area (Å²) in [6, 6.07) is 7.85. The number of aromatic nitrogens is 1. The van der Waals surface area contributed by atoms with Crippen LogP contribution < -0.4 is 22.9 Å². The van der Waals surface area contributed by atoms with Crippen LogP contribution in [0, 0.1) is 0 Å². The summed E-state index contributed by atoms with van der Waals surface area (Å²) in [5.74, 6) is -1.96. The first-order valence-electron chi connectivity index (χ1n) is 7.36. The highest BCUT2D eigenvalue weighted by molar-refractivity contribution is 7.85. The fraction of sp³-hybridized carbons (Fsp3) is 0.0667. The highest BCUT2D eigenvalue weighted by Crippen LogP contribution is 2.19. The molecule has 1 aromatic carbocycles. The summed E-state index contributed by atoms with van der Waals surface area (Å²) in [5, 5.41) is 0. The van der Waals surface area contributed by atoms with Crippen LogP contribution >= 0.6 is 0 Å². The molecule has 28 heavy (non-hydrogen) atoms. The maximum Gasteiger partial charge on any atom is 0.282 e. The molecule has 0 atom stereocenters. The van der Waals surface area contributed by atoms with Crippen LogP contribution in [0.2, 0.25) is 0 Å². The van der Waals surface area contributed by atoms with Gasteiger partial charge in [0.15, 0.2) is 11.9 Å². The van der Waals surface area contributed by atoms with Crippen molar-refractivity contribution in [3.63, 3.8) is 0 Å². The number of amides is 2. The molecule has 0 saturated carbocycles. The maximum absolute atomic E-state index is 12.1. The SMILES string of the molecule is CS(=O)(=O)O.NC(N)=NC(=O)c1ccc(C(=O)N=C(N)N)c(-n2cccc2)c1. The predicted molar refractivity (Wildman–Crippen MR) is 104 cm³/mol. The van der Waals surface area contributed by atoms with Crippen LogP contribution in [0.5, 0.6) is 0 Å². The Bertz CT molecular complexity index is 1010. The first-order valence-corrected chi connectivity index (χ1v) is 9.21. The Labute approximate surface area is 160 Å². The Kier molecular flexibility index (Phi) is 7.41. The van der Waals surface area contributed by atoms with Gasteiger partial charge in [-0.2, -0.15) is 18.4 Å². The van der Waals surface area contributed by atoms with Gasteiger partial charge in [0.2, 0.25) is 0 Å². The Hall–Kier alpha value is -3.71. The number of nitrogens with zero attached hydrogens (tertiary/aromatic N) is 3. The predicted octanol–water partition coefficient (Wildman–Crippen LogP) is -1.19. The van der Waals surface area contributed by atoms with Gasteiger partial charge in [0.1, 0.15) is 0 Å². The van der Waals surface area contributed by atoms with Crippen molar-refractivity contribution >= 4 is 33.9 Å². The van der Waals surface area contributed by atoms with Gasteiger partial charge in [0, 0.05) is 18.0 Å². The van der Waals surface area contributed by atoms with E-state index < -0.39 is 21.9 Å². The smallest absolute Gasteiger partial charge is 0.282 e. The summed E-state index contributed by atoms with van der Waals surface area (Å²) in [6.07, 6.45) is 4.12. The first-order chi connectivity index (χ1) is 12.9. The van der Waals surface area contributed by atoms with E-state index in [1.807, 2.05) is 0 Å². The van der Waals surface area contributed by atoms with Crippen molar-refractivity contribution in [3.05, 3.63) is 53.9 Å². The van der Waals surface area contributed by atoms with E-state index in [-0.39, 0.29) is 23.0 Å². The topological polar surface area (TPSA) is 222 Å². The Morgan fingerprint density at radius 2 is 1.43 bits per heavy atom. The summed E-state index contributed by atoms with van der Waals surface area (Å²) in [7, 11) is -3.67. The zero-order valence-electron chi connectivity index (χ0n) is 14.7. The Balaban J connectivity index is 0.000000696. The Morgan fingerprint density at radius 3 is 1.89 bits per heavy atom. The summed E-state index contributed by atoms with van der Waals surface area (Å²) in [6.45, 7) is 0. The molecule has 1 aromatic heterocycles. The molecule has 2 aromatic rings. The van der Waals surface area contributed by atoms with E-state index in [9.17, 15) is 18.0 Å². The number of carbonyl (C=O) groups is 2. The van der Waals surface area contributed by atoms with E-state index in [1.165, 1.54) is 18.2 Å². The highest BCUT2D eigenvalue weighted by Gasteiger charge is 2.15. The van der Waals surface area contributed by atoms with Crippen LogP contribution in [-0.2, 0) is 10.1 Å². The molecule has 0 fully saturated rings. The highest BCUT2D eigenvalue weighted by atomic mass is 32.2. The fourth-order valence-electron chi connectivity index (χ4n) is 1.91. The molecule has 9 N–H and O–H groups in total. The molecule has 0 saturated heterocycles. The van der Waals surface area contributed by atoms with Crippen molar-refractivity contribution < 1.29 is 22.6 Å². The van der Waals surface area contributed by atoms with Crippen molar-refractivity contribution in [1.82, 2.24) is 4.57 Å². The molecule has 0 aliphatic heterocycles. The van der Waals surface area contributed by atoms with Crippen LogP contribution in [0.1, 0.15) is 20.7 Å². The molecule has 0 bridgehead atoms. The van der Waals surface area contributed by atoms with Crippen LogP contribution in [-0.4, -0.2) is 47.5 Å². The lowest BCUT2D eigenvalue weighted by Gasteiger charge is -2.10. The minimum Gasteiger partial charge on any atom is -0.370 e. The van der Waals surface area contributed by atoms with Crippen LogP contribution in [0.3, 0.4) is 0 Å². The average molecular weight is 409 g/mol. The molecule has 12 nitrogen and oxygen atoms in total. The van der Waals surface area contributed by atoms with Gasteiger partial charge < -0.3 is 27.5 Å². The summed E-state index contributed by atoms with van der Waals surface area (Å²) >= 11 is 0. The second-order valence-corrected chi connectivity index (χ2v) is 6.70. The van der Waals surface area contributed by atoms with Gasteiger partial charge >= 0.3 is 0 Å². The number of guanidine groups is 2. The number of aliphatic imine (C=N–C) groups is 2. The van der Waals surface area contributed by atoms with Crippen LogP contribution in [0.15, 0.2) is 52.7 Å². The normalized spacial score (nSPS) is 10.2. The van der Waals surface area contributed by atoms with Gasteiger partial charge in [-0.15, -0.1) is 0 Å². The van der Waals surface area contributed by atoms with Crippen molar-refractivity contribution in [2.75, 3.05) is 6.26 Å². The lowest BCUT2D eigenvalue weighted by Crippen LogP contribution is -2.25. The number of hydrogen-bond donors (Lipinski definition) is 5. The Morgan fingerprint density at radius 1 is 0.964 bits per heavy atom. The zero-order chi connectivity index (χ0) is 21.5. The van der Waals surface area contributed by atoms with Crippen LogP contribution in [0.25, 0.3) is 5.69 Å². The maximum atomic E-state index is 12.1. The largest absolute Gasteiger partial charge is 0.370 e. The third-order valence-electron chi connectivity index (χ3n) is 2.82. The lowest BCUT2D eigenvalue weighted by atomic mass is 10.1. The minimum absolute atomic E-state index is 0.211. The van der Waals surface area contributed by atoms with Crippen molar-refractivity contribution in [2.24, 2.45) is 32.9 Å². The summed E-state index contributed by atoms with van der Waals surface area (Å²) in [4.78, 5) is 31.0. The van der Waals surface area contributed by atoms with Gasteiger partial charge in [0.05, 0.1) is 17.5 Å². The fourth-order valence-corrected chi connectivity index (χ4v) is 1.91. The molecular weight excluding hydrogens is 390 g/mol. The minimum atomic E-state index is -3.67. The number of rotatable bonds is 3. The van der Waals surface area contributed by atoms with E-state index in [4.69, 9.17) is 27.5 Å². The lowest BCUT2D eigenvalue weighted by molar-refractivity contribution is 0.0990. The number of carbonyl (C=O) groups excluding carboxylic acids is 2. The van der Waals surface area contributed by atoms with E-state index in [0.717, 1.165) is 0 Å². The van der Waals surface area contributed by atoms with E-state index >= 15 is 0 Å². The first kappa shape index (κ1) is 22.3. The van der Waals surface area contributed by atoms with E-state index in [2.05, 4.69) is 9.98 Å². The quantitative estimate of drug-likeness (QED) is 0.233. The van der Waals surface area contributed by atoms with Gasteiger partial charge in [0.25, 0.3) is 21.9 Å². The molecular formula is C15H19N7O5S. The molecule has 150 valence electrons. The zero-order valence-corrected chi connectivity index (χ0v) is 15.5. The summed E-state index contributed by atoms with van der Waals surface area (Å²) < 4.78 is 27.5. The number of nitrogens with two attached hydrogens (primary N) is 4. The van der Waals surface area contributed by atoms with Gasteiger partial charge in [-0.3, -0.25) is 14.1 Å². The molecule has 0 unspecified atom stereocenters. The second-order valence-electron chi connectivity index (χ2n) is 5.24. The second kappa shape index (κ2) is 9.29. The third kappa shape index (κ3) is 7.67. The van der Waals surface area contributed by atoms with Gasteiger partial charge in [-0.05, 0) is 30.3 Å². The van der Waals surface area contributed by atoms with Crippen molar-refractivity contribution in [1.29, 1.82) is 0 Å².